The average Bonchev–Trinajstić information content (AvgIpc) is 2.74. The molecule has 1 aliphatic carbocycles. The maximum Gasteiger partial charge on any atom is 0.315 e. The first kappa shape index (κ1) is 22.0. The summed E-state index contributed by atoms with van der Waals surface area (Å²) < 4.78 is 33.2. The van der Waals surface area contributed by atoms with Crippen LogP contribution < -0.4 is 10.6 Å². The molecule has 1 saturated carbocycles. The van der Waals surface area contributed by atoms with Crippen molar-refractivity contribution in [2.45, 2.75) is 74.1 Å². The average molecular weight is 453 g/mol. The highest BCUT2D eigenvalue weighted by Gasteiger charge is 2.51. The molecule has 4 rings (SSSR count). The standard InChI is InChI=1S/C20H28N4O6S/c25-20(22-14-6-2-1-3-7-14)21-12-15-10-11-16-18(30-15)13-23(16)31(28,29)19-9-5-4-8-17(19)24(26)27/h4-5,8-9,14-16,18H,1-3,6-7,10-13H2,(H2,21,22,25)/t15-,16-,18-/m1/s1. The van der Waals surface area contributed by atoms with Gasteiger partial charge in [0, 0.05) is 25.2 Å². The Balaban J connectivity index is 1.29. The molecule has 1 aromatic carbocycles. The minimum absolute atomic E-state index is 0.157. The fourth-order valence-corrected chi connectivity index (χ4v) is 6.54. The maximum atomic E-state index is 13.0. The van der Waals surface area contributed by atoms with Gasteiger partial charge in [0.2, 0.25) is 10.0 Å². The van der Waals surface area contributed by atoms with Crippen LogP contribution in [0.2, 0.25) is 0 Å². The molecule has 0 unspecified atom stereocenters. The molecule has 2 amide bonds. The third kappa shape index (κ3) is 4.68. The second-order valence-corrected chi connectivity index (χ2v) is 10.3. The van der Waals surface area contributed by atoms with Crippen LogP contribution in [-0.4, -0.2) is 61.1 Å². The number of nitro benzene ring substituents is 1. The van der Waals surface area contributed by atoms with Crippen LogP contribution in [0.25, 0.3) is 0 Å². The number of para-hydroxylation sites is 1. The topological polar surface area (TPSA) is 131 Å². The largest absolute Gasteiger partial charge is 0.370 e. The molecule has 31 heavy (non-hydrogen) atoms. The van der Waals surface area contributed by atoms with Crippen LogP contribution in [0.1, 0.15) is 44.9 Å². The van der Waals surface area contributed by atoms with Crippen molar-refractivity contribution < 1.29 is 22.9 Å². The predicted molar refractivity (Wildman–Crippen MR) is 112 cm³/mol. The van der Waals surface area contributed by atoms with Crippen molar-refractivity contribution in [3.8, 4) is 0 Å². The highest BCUT2D eigenvalue weighted by Crippen LogP contribution is 2.38. The molecule has 2 aliphatic heterocycles. The first-order valence-electron chi connectivity index (χ1n) is 10.8. The molecule has 3 fully saturated rings. The van der Waals surface area contributed by atoms with E-state index in [9.17, 15) is 23.3 Å². The van der Waals surface area contributed by atoms with Crippen LogP contribution in [0, 0.1) is 10.1 Å². The molecule has 0 radical (unpaired) electrons. The van der Waals surface area contributed by atoms with Crippen LogP contribution in [0.5, 0.6) is 0 Å². The number of ether oxygens (including phenoxy) is 1. The molecule has 3 atom stereocenters. The number of sulfonamides is 1. The summed E-state index contributed by atoms with van der Waals surface area (Å²) in [5.74, 6) is 0. The molecule has 0 bridgehead atoms. The fourth-order valence-electron chi connectivity index (χ4n) is 4.69. The van der Waals surface area contributed by atoms with Crippen molar-refractivity contribution >= 4 is 21.7 Å². The van der Waals surface area contributed by atoms with E-state index in [-0.39, 0.29) is 41.8 Å². The fraction of sp³-hybridized carbons (Fsp3) is 0.650. The SMILES string of the molecule is O=C(NC[C@H]1CC[C@@H]2[C@@H](CN2S(=O)(=O)c2ccccc2[N+](=O)[O-])O1)NC1CCCCC1. The summed E-state index contributed by atoms with van der Waals surface area (Å²) in [7, 11) is -3.98. The second kappa shape index (κ2) is 9.09. The Morgan fingerprint density at radius 3 is 2.61 bits per heavy atom. The van der Waals surface area contributed by atoms with E-state index in [1.807, 2.05) is 0 Å². The number of rotatable bonds is 6. The third-order valence-corrected chi connectivity index (χ3v) is 8.33. The number of urea groups is 1. The van der Waals surface area contributed by atoms with Gasteiger partial charge in [0.1, 0.15) is 0 Å². The maximum absolute atomic E-state index is 13.0. The number of fused-ring (bicyclic) bond motifs is 1. The van der Waals surface area contributed by atoms with E-state index < -0.39 is 20.6 Å². The Labute approximate surface area is 181 Å². The normalized spacial score (nSPS) is 27.0. The number of nitro groups is 1. The van der Waals surface area contributed by atoms with Gasteiger partial charge in [0.15, 0.2) is 4.90 Å². The van der Waals surface area contributed by atoms with Crippen molar-refractivity contribution in [1.82, 2.24) is 14.9 Å². The highest BCUT2D eigenvalue weighted by molar-refractivity contribution is 7.89. The summed E-state index contributed by atoms with van der Waals surface area (Å²) in [6.45, 7) is 0.530. The monoisotopic (exact) mass is 452 g/mol. The lowest BCUT2D eigenvalue weighted by atomic mass is 9.92. The molecular weight excluding hydrogens is 424 g/mol. The van der Waals surface area contributed by atoms with E-state index in [0.717, 1.165) is 25.7 Å². The molecule has 2 heterocycles. The quantitative estimate of drug-likeness (QED) is 0.502. The number of amides is 2. The van der Waals surface area contributed by atoms with E-state index in [1.54, 1.807) is 0 Å². The van der Waals surface area contributed by atoms with Gasteiger partial charge in [0.25, 0.3) is 5.69 Å². The smallest absolute Gasteiger partial charge is 0.315 e. The molecule has 0 spiro atoms. The molecule has 2 N–H and O–H groups in total. The third-order valence-electron chi connectivity index (χ3n) is 6.39. The number of hydrogen-bond donors (Lipinski definition) is 2. The Morgan fingerprint density at radius 2 is 1.90 bits per heavy atom. The van der Waals surface area contributed by atoms with E-state index in [1.165, 1.54) is 35.0 Å². The van der Waals surface area contributed by atoms with Crippen molar-refractivity contribution in [3.05, 3.63) is 34.4 Å². The summed E-state index contributed by atoms with van der Waals surface area (Å²) in [5.41, 5.74) is -0.422. The van der Waals surface area contributed by atoms with Gasteiger partial charge in [-0.05, 0) is 31.7 Å². The van der Waals surface area contributed by atoms with Gasteiger partial charge in [-0.15, -0.1) is 0 Å². The lowest BCUT2D eigenvalue weighted by Gasteiger charge is -2.50. The summed E-state index contributed by atoms with van der Waals surface area (Å²) in [6.07, 6.45) is 6.30. The van der Waals surface area contributed by atoms with Gasteiger partial charge in [-0.2, -0.15) is 4.31 Å². The molecule has 2 saturated heterocycles. The lowest BCUT2D eigenvalue weighted by molar-refractivity contribution is -0.387. The molecule has 170 valence electrons. The summed E-state index contributed by atoms with van der Waals surface area (Å²) in [5, 5.41) is 17.1. The van der Waals surface area contributed by atoms with E-state index in [2.05, 4.69) is 10.6 Å². The minimum atomic E-state index is -3.98. The molecule has 11 heteroatoms. The molecule has 1 aromatic rings. The molecule has 3 aliphatic rings. The van der Waals surface area contributed by atoms with Crippen LogP contribution >= 0.6 is 0 Å². The number of nitrogens with one attached hydrogen (secondary N) is 2. The Kier molecular flexibility index (Phi) is 6.44. The van der Waals surface area contributed by atoms with Gasteiger partial charge in [-0.3, -0.25) is 10.1 Å². The molecular formula is C20H28N4O6S. The van der Waals surface area contributed by atoms with Gasteiger partial charge < -0.3 is 15.4 Å². The Morgan fingerprint density at radius 1 is 1.16 bits per heavy atom. The van der Waals surface area contributed by atoms with Gasteiger partial charge in [-0.1, -0.05) is 31.4 Å². The number of benzene rings is 1. The van der Waals surface area contributed by atoms with Crippen molar-refractivity contribution in [3.63, 3.8) is 0 Å². The van der Waals surface area contributed by atoms with Crippen molar-refractivity contribution in [2.75, 3.05) is 13.1 Å². The lowest BCUT2D eigenvalue weighted by Crippen LogP contribution is -2.66. The minimum Gasteiger partial charge on any atom is -0.370 e. The van der Waals surface area contributed by atoms with Crippen LogP contribution in [0.15, 0.2) is 29.2 Å². The van der Waals surface area contributed by atoms with Crippen LogP contribution in [-0.2, 0) is 14.8 Å². The van der Waals surface area contributed by atoms with Gasteiger partial charge in [-0.25, -0.2) is 13.2 Å². The van der Waals surface area contributed by atoms with Crippen molar-refractivity contribution in [2.24, 2.45) is 0 Å². The first-order chi connectivity index (χ1) is 14.9. The zero-order chi connectivity index (χ0) is 22.0. The molecule has 10 nitrogen and oxygen atoms in total. The predicted octanol–water partition coefficient (Wildman–Crippen LogP) is 2.15. The number of hydrogen-bond acceptors (Lipinski definition) is 6. The summed E-state index contributed by atoms with van der Waals surface area (Å²) in [6, 6.07) is 5.10. The number of nitrogens with zero attached hydrogens (tertiary/aromatic N) is 2. The number of carbonyl (C=O) groups is 1. The van der Waals surface area contributed by atoms with Crippen LogP contribution in [0.3, 0.4) is 0 Å². The van der Waals surface area contributed by atoms with E-state index in [0.29, 0.717) is 19.4 Å². The first-order valence-corrected chi connectivity index (χ1v) is 12.3. The zero-order valence-electron chi connectivity index (χ0n) is 17.2. The highest BCUT2D eigenvalue weighted by atomic mass is 32.2. The van der Waals surface area contributed by atoms with E-state index >= 15 is 0 Å². The Hall–Kier alpha value is -2.24. The Bertz CT molecular complexity index is 933. The second-order valence-electron chi connectivity index (χ2n) is 8.43. The van der Waals surface area contributed by atoms with Crippen LogP contribution in [0.4, 0.5) is 10.5 Å². The number of carbonyl (C=O) groups excluding carboxylic acids is 1. The molecule has 0 aromatic heterocycles. The van der Waals surface area contributed by atoms with E-state index in [4.69, 9.17) is 4.74 Å². The van der Waals surface area contributed by atoms with Crippen molar-refractivity contribution in [1.29, 1.82) is 0 Å². The zero-order valence-corrected chi connectivity index (χ0v) is 18.1. The van der Waals surface area contributed by atoms with Gasteiger partial charge >= 0.3 is 6.03 Å². The van der Waals surface area contributed by atoms with Gasteiger partial charge in [0.05, 0.1) is 23.2 Å². The summed E-state index contributed by atoms with van der Waals surface area (Å²) >= 11 is 0. The summed E-state index contributed by atoms with van der Waals surface area (Å²) in [4.78, 5) is 22.4.